The number of anilines is 2. The van der Waals surface area contributed by atoms with E-state index < -0.39 is 0 Å². The van der Waals surface area contributed by atoms with Crippen LogP contribution in [0.2, 0.25) is 0 Å². The highest BCUT2D eigenvalue weighted by Crippen LogP contribution is 2.07. The molecule has 6 nitrogen and oxygen atoms in total. The van der Waals surface area contributed by atoms with E-state index in [0.29, 0.717) is 24.1 Å². The average Bonchev–Trinajstić information content (AvgIpc) is 2.62. The van der Waals surface area contributed by atoms with Gasteiger partial charge in [0.2, 0.25) is 5.89 Å². The van der Waals surface area contributed by atoms with Crippen LogP contribution in [0.4, 0.5) is 11.6 Å². The first-order valence-electron chi connectivity index (χ1n) is 4.47. The molecule has 0 aliphatic rings. The molecule has 0 aliphatic heterocycles. The summed E-state index contributed by atoms with van der Waals surface area (Å²) in [6.45, 7) is 2.32. The molecular formula is C9H11N5O. The van der Waals surface area contributed by atoms with Gasteiger partial charge in [0.05, 0.1) is 12.7 Å². The second kappa shape index (κ2) is 3.95. The Kier molecular flexibility index (Phi) is 2.49. The molecular weight excluding hydrogens is 194 g/mol. The normalized spacial score (nSPS) is 10.2. The fraction of sp³-hybridized carbons (Fsp3) is 0.222. The van der Waals surface area contributed by atoms with E-state index in [1.807, 2.05) is 6.92 Å². The smallest absolute Gasteiger partial charge is 0.213 e. The standard InChI is InChI=1S/C9H11N5O/c1-6-3-12-9(15-6)4-11-8-2-7(10)13-5-14-8/h2-3,5H,4H2,1H3,(H3,10,11,13,14). The van der Waals surface area contributed by atoms with E-state index in [4.69, 9.17) is 10.2 Å². The van der Waals surface area contributed by atoms with Crippen molar-refractivity contribution < 1.29 is 4.42 Å². The lowest BCUT2D eigenvalue weighted by atomic mass is 10.5. The number of hydrogen-bond donors (Lipinski definition) is 2. The van der Waals surface area contributed by atoms with Crippen LogP contribution in [0.5, 0.6) is 0 Å². The molecule has 0 radical (unpaired) electrons. The third-order valence-electron chi connectivity index (χ3n) is 1.78. The summed E-state index contributed by atoms with van der Waals surface area (Å²) >= 11 is 0. The molecule has 0 amide bonds. The van der Waals surface area contributed by atoms with Crippen LogP contribution in [-0.4, -0.2) is 15.0 Å². The Morgan fingerprint density at radius 1 is 1.40 bits per heavy atom. The van der Waals surface area contributed by atoms with Crippen LogP contribution in [-0.2, 0) is 6.54 Å². The van der Waals surface area contributed by atoms with E-state index in [9.17, 15) is 0 Å². The number of oxazole rings is 1. The Labute approximate surface area is 86.6 Å². The highest BCUT2D eigenvalue weighted by atomic mass is 16.4. The molecule has 0 unspecified atom stereocenters. The number of nitrogens with zero attached hydrogens (tertiary/aromatic N) is 3. The van der Waals surface area contributed by atoms with E-state index >= 15 is 0 Å². The summed E-state index contributed by atoms with van der Waals surface area (Å²) in [7, 11) is 0. The van der Waals surface area contributed by atoms with Gasteiger partial charge in [-0.2, -0.15) is 0 Å². The van der Waals surface area contributed by atoms with E-state index in [1.165, 1.54) is 6.33 Å². The van der Waals surface area contributed by atoms with Crippen LogP contribution < -0.4 is 11.1 Å². The number of aromatic nitrogens is 3. The fourth-order valence-electron chi connectivity index (χ4n) is 1.12. The van der Waals surface area contributed by atoms with Crippen LogP contribution >= 0.6 is 0 Å². The summed E-state index contributed by atoms with van der Waals surface area (Å²) < 4.78 is 5.29. The van der Waals surface area contributed by atoms with Gasteiger partial charge < -0.3 is 15.5 Å². The molecule has 0 saturated carbocycles. The van der Waals surface area contributed by atoms with Crippen molar-refractivity contribution >= 4 is 11.6 Å². The molecule has 0 fully saturated rings. The van der Waals surface area contributed by atoms with Crippen LogP contribution in [0.15, 0.2) is 23.0 Å². The summed E-state index contributed by atoms with van der Waals surface area (Å²) in [6.07, 6.45) is 3.07. The quantitative estimate of drug-likeness (QED) is 0.775. The van der Waals surface area contributed by atoms with Crippen LogP contribution in [0, 0.1) is 6.92 Å². The Balaban J connectivity index is 1.99. The lowest BCUT2D eigenvalue weighted by molar-refractivity contribution is 0.479. The van der Waals surface area contributed by atoms with Crippen molar-refractivity contribution in [2.45, 2.75) is 13.5 Å². The first-order valence-corrected chi connectivity index (χ1v) is 4.47. The fourth-order valence-corrected chi connectivity index (χ4v) is 1.12. The molecule has 0 atom stereocenters. The van der Waals surface area contributed by atoms with Gasteiger partial charge in [-0.15, -0.1) is 0 Å². The second-order valence-electron chi connectivity index (χ2n) is 3.05. The predicted molar refractivity (Wildman–Crippen MR) is 55.0 cm³/mol. The van der Waals surface area contributed by atoms with Gasteiger partial charge >= 0.3 is 0 Å². The maximum Gasteiger partial charge on any atom is 0.213 e. The van der Waals surface area contributed by atoms with Crippen molar-refractivity contribution in [3.8, 4) is 0 Å². The van der Waals surface area contributed by atoms with Gasteiger partial charge in [-0.05, 0) is 6.92 Å². The number of rotatable bonds is 3. The molecule has 0 aliphatic carbocycles. The average molecular weight is 205 g/mol. The monoisotopic (exact) mass is 205 g/mol. The minimum Gasteiger partial charge on any atom is -0.444 e. The van der Waals surface area contributed by atoms with Crippen molar-refractivity contribution in [2.24, 2.45) is 0 Å². The molecule has 2 heterocycles. The van der Waals surface area contributed by atoms with E-state index in [2.05, 4.69) is 20.3 Å². The molecule has 0 bridgehead atoms. The Bertz CT molecular complexity index is 453. The first-order chi connectivity index (χ1) is 7.24. The van der Waals surface area contributed by atoms with Crippen molar-refractivity contribution in [1.82, 2.24) is 15.0 Å². The summed E-state index contributed by atoms with van der Waals surface area (Å²) in [5, 5.41) is 3.03. The summed E-state index contributed by atoms with van der Waals surface area (Å²) in [4.78, 5) is 11.8. The Hall–Kier alpha value is -2.11. The number of aryl methyl sites for hydroxylation is 1. The zero-order valence-electron chi connectivity index (χ0n) is 8.27. The number of nitrogens with one attached hydrogen (secondary N) is 1. The zero-order valence-corrected chi connectivity index (χ0v) is 8.27. The zero-order chi connectivity index (χ0) is 10.7. The summed E-state index contributed by atoms with van der Waals surface area (Å²) in [5.41, 5.74) is 5.50. The van der Waals surface area contributed by atoms with Gasteiger partial charge in [0.25, 0.3) is 0 Å². The van der Waals surface area contributed by atoms with Gasteiger partial charge in [-0.1, -0.05) is 0 Å². The lowest BCUT2D eigenvalue weighted by Crippen LogP contribution is -2.02. The van der Waals surface area contributed by atoms with Crippen molar-refractivity contribution in [3.63, 3.8) is 0 Å². The molecule has 2 aromatic heterocycles. The van der Waals surface area contributed by atoms with E-state index in [1.54, 1.807) is 12.3 Å². The Morgan fingerprint density at radius 2 is 2.27 bits per heavy atom. The molecule has 2 rings (SSSR count). The molecule has 3 N–H and O–H groups in total. The second-order valence-corrected chi connectivity index (χ2v) is 3.05. The van der Waals surface area contributed by atoms with E-state index in [0.717, 1.165) is 5.76 Å². The maximum atomic E-state index is 5.50. The molecule has 78 valence electrons. The van der Waals surface area contributed by atoms with Crippen LogP contribution in [0.3, 0.4) is 0 Å². The van der Waals surface area contributed by atoms with Gasteiger partial charge in [-0.3, -0.25) is 0 Å². The topological polar surface area (TPSA) is 89.9 Å². The maximum absolute atomic E-state index is 5.50. The number of hydrogen-bond acceptors (Lipinski definition) is 6. The van der Waals surface area contributed by atoms with E-state index in [-0.39, 0.29) is 0 Å². The molecule has 0 aromatic carbocycles. The van der Waals surface area contributed by atoms with Crippen molar-refractivity contribution in [3.05, 3.63) is 30.2 Å². The lowest BCUT2D eigenvalue weighted by Gasteiger charge is -2.02. The number of nitrogens with two attached hydrogens (primary N) is 1. The van der Waals surface area contributed by atoms with Gasteiger partial charge in [-0.25, -0.2) is 15.0 Å². The minimum atomic E-state index is 0.427. The third kappa shape index (κ3) is 2.43. The van der Waals surface area contributed by atoms with Crippen LogP contribution in [0.1, 0.15) is 11.7 Å². The third-order valence-corrected chi connectivity index (χ3v) is 1.78. The summed E-state index contributed by atoms with van der Waals surface area (Å²) in [5.74, 6) is 2.48. The molecule has 6 heteroatoms. The van der Waals surface area contributed by atoms with Crippen LogP contribution in [0.25, 0.3) is 0 Å². The summed E-state index contributed by atoms with van der Waals surface area (Å²) in [6, 6.07) is 1.65. The SMILES string of the molecule is Cc1cnc(CNc2cc(N)ncn2)o1. The molecule has 2 aromatic rings. The van der Waals surface area contributed by atoms with Gasteiger partial charge in [0.1, 0.15) is 23.7 Å². The molecule has 0 saturated heterocycles. The molecule has 15 heavy (non-hydrogen) atoms. The minimum absolute atomic E-state index is 0.427. The highest BCUT2D eigenvalue weighted by Gasteiger charge is 2.01. The van der Waals surface area contributed by atoms with Gasteiger partial charge in [0.15, 0.2) is 0 Å². The van der Waals surface area contributed by atoms with Gasteiger partial charge in [0, 0.05) is 6.07 Å². The van der Waals surface area contributed by atoms with Crippen molar-refractivity contribution in [2.75, 3.05) is 11.1 Å². The number of nitrogen functional groups attached to an aromatic ring is 1. The van der Waals surface area contributed by atoms with Crippen molar-refractivity contribution in [1.29, 1.82) is 0 Å². The Morgan fingerprint density at radius 3 is 2.93 bits per heavy atom. The predicted octanol–water partition coefficient (Wildman–Crippen LogP) is 0.967. The highest BCUT2D eigenvalue weighted by molar-refractivity contribution is 5.43. The first kappa shape index (κ1) is 9.45. The largest absolute Gasteiger partial charge is 0.444 e. The molecule has 0 spiro atoms.